The average Bonchev–Trinajstić information content (AvgIpc) is 2.28. The van der Waals surface area contributed by atoms with Crippen LogP contribution in [0.15, 0.2) is 12.7 Å². The van der Waals surface area contributed by atoms with Gasteiger partial charge in [0.05, 0.1) is 5.60 Å². The SMILES string of the molecule is C=CC(=O)OC(C)(CC)CC(C)(CC)OC. The van der Waals surface area contributed by atoms with Crippen LogP contribution in [0, 0.1) is 0 Å². The van der Waals surface area contributed by atoms with Crippen molar-refractivity contribution >= 4 is 5.97 Å². The number of hydrogen-bond acceptors (Lipinski definition) is 3. The van der Waals surface area contributed by atoms with E-state index in [2.05, 4.69) is 13.5 Å². The molecule has 0 saturated carbocycles. The number of ether oxygens (including phenoxy) is 2. The molecule has 2 unspecified atom stereocenters. The lowest BCUT2D eigenvalue weighted by Crippen LogP contribution is -2.41. The lowest BCUT2D eigenvalue weighted by molar-refractivity contribution is -0.159. The number of rotatable bonds is 7. The Hall–Kier alpha value is -0.830. The largest absolute Gasteiger partial charge is 0.456 e. The Bertz CT molecular complexity index is 244. The lowest BCUT2D eigenvalue weighted by Gasteiger charge is -2.37. The van der Waals surface area contributed by atoms with Gasteiger partial charge in [-0.25, -0.2) is 4.79 Å². The van der Waals surface area contributed by atoms with Gasteiger partial charge in [-0.2, -0.15) is 0 Å². The van der Waals surface area contributed by atoms with E-state index in [1.807, 2.05) is 20.8 Å². The van der Waals surface area contributed by atoms with Gasteiger partial charge in [-0.3, -0.25) is 0 Å². The molecule has 0 amide bonds. The van der Waals surface area contributed by atoms with Crippen LogP contribution in [-0.2, 0) is 14.3 Å². The average molecular weight is 228 g/mol. The van der Waals surface area contributed by atoms with Crippen molar-refractivity contribution in [1.29, 1.82) is 0 Å². The van der Waals surface area contributed by atoms with Gasteiger partial charge in [0.2, 0.25) is 0 Å². The summed E-state index contributed by atoms with van der Waals surface area (Å²) in [6, 6.07) is 0. The van der Waals surface area contributed by atoms with Crippen LogP contribution in [0.4, 0.5) is 0 Å². The van der Waals surface area contributed by atoms with E-state index in [1.165, 1.54) is 6.08 Å². The summed E-state index contributed by atoms with van der Waals surface area (Å²) >= 11 is 0. The van der Waals surface area contributed by atoms with E-state index in [0.29, 0.717) is 6.42 Å². The maximum atomic E-state index is 11.3. The van der Waals surface area contributed by atoms with Gasteiger partial charge in [0.1, 0.15) is 5.60 Å². The van der Waals surface area contributed by atoms with E-state index in [4.69, 9.17) is 9.47 Å². The normalized spacial score (nSPS) is 18.3. The standard InChI is InChI=1S/C13H24O3/c1-7-11(14)16-13(5,9-3)10-12(4,8-2)15-6/h7H,1,8-10H2,2-6H3. The summed E-state index contributed by atoms with van der Waals surface area (Å²) in [6.45, 7) is 11.4. The van der Waals surface area contributed by atoms with Crippen LogP contribution in [0.3, 0.4) is 0 Å². The molecule has 0 aliphatic rings. The molecule has 0 N–H and O–H groups in total. The number of hydrogen-bond donors (Lipinski definition) is 0. The number of esters is 1. The molecule has 0 aliphatic heterocycles. The van der Waals surface area contributed by atoms with Crippen molar-refractivity contribution in [3.05, 3.63) is 12.7 Å². The molecule has 0 radical (unpaired) electrons. The molecular formula is C13H24O3. The van der Waals surface area contributed by atoms with E-state index in [-0.39, 0.29) is 11.6 Å². The summed E-state index contributed by atoms with van der Waals surface area (Å²) in [4.78, 5) is 11.3. The van der Waals surface area contributed by atoms with E-state index in [0.717, 1.165) is 12.8 Å². The summed E-state index contributed by atoms with van der Waals surface area (Å²) in [5, 5.41) is 0. The van der Waals surface area contributed by atoms with E-state index in [1.54, 1.807) is 7.11 Å². The van der Waals surface area contributed by atoms with Gasteiger partial charge in [-0.1, -0.05) is 20.4 Å². The van der Waals surface area contributed by atoms with Gasteiger partial charge in [0.15, 0.2) is 0 Å². The van der Waals surface area contributed by atoms with Gasteiger partial charge in [0, 0.05) is 19.6 Å². The molecule has 0 aromatic rings. The van der Waals surface area contributed by atoms with E-state index >= 15 is 0 Å². The Kier molecular flexibility index (Phi) is 5.73. The summed E-state index contributed by atoms with van der Waals surface area (Å²) < 4.78 is 10.9. The molecule has 3 heteroatoms. The third kappa shape index (κ3) is 4.35. The fourth-order valence-corrected chi connectivity index (χ4v) is 1.65. The van der Waals surface area contributed by atoms with Crippen LogP contribution in [0.5, 0.6) is 0 Å². The van der Waals surface area contributed by atoms with Crippen LogP contribution >= 0.6 is 0 Å². The summed E-state index contributed by atoms with van der Waals surface area (Å²) in [7, 11) is 1.69. The molecule has 0 heterocycles. The van der Waals surface area contributed by atoms with Crippen molar-refractivity contribution in [1.82, 2.24) is 0 Å². The molecule has 16 heavy (non-hydrogen) atoms. The van der Waals surface area contributed by atoms with Gasteiger partial charge in [0.25, 0.3) is 0 Å². The predicted molar refractivity (Wildman–Crippen MR) is 65.3 cm³/mol. The Morgan fingerprint density at radius 3 is 2.06 bits per heavy atom. The first kappa shape index (κ1) is 15.2. The lowest BCUT2D eigenvalue weighted by atomic mass is 9.85. The maximum Gasteiger partial charge on any atom is 0.330 e. The summed E-state index contributed by atoms with van der Waals surface area (Å²) in [6.07, 6.45) is 3.52. The first-order valence-corrected chi connectivity index (χ1v) is 5.75. The highest BCUT2D eigenvalue weighted by Crippen LogP contribution is 2.31. The predicted octanol–water partition coefficient (Wildman–Crippen LogP) is 3.09. The van der Waals surface area contributed by atoms with Crippen molar-refractivity contribution in [2.45, 2.75) is 58.2 Å². The van der Waals surface area contributed by atoms with Crippen molar-refractivity contribution in [2.24, 2.45) is 0 Å². The molecule has 0 rings (SSSR count). The zero-order valence-electron chi connectivity index (χ0n) is 11.1. The number of methoxy groups -OCH3 is 1. The van der Waals surface area contributed by atoms with Gasteiger partial charge >= 0.3 is 5.97 Å². The minimum Gasteiger partial charge on any atom is -0.456 e. The van der Waals surface area contributed by atoms with Crippen molar-refractivity contribution in [3.8, 4) is 0 Å². The smallest absolute Gasteiger partial charge is 0.330 e. The first-order valence-electron chi connectivity index (χ1n) is 5.75. The summed E-state index contributed by atoms with van der Waals surface area (Å²) in [5.41, 5.74) is -0.752. The second kappa shape index (κ2) is 6.04. The fourth-order valence-electron chi connectivity index (χ4n) is 1.65. The van der Waals surface area contributed by atoms with Crippen LogP contribution in [0.2, 0.25) is 0 Å². The molecule has 0 spiro atoms. The van der Waals surface area contributed by atoms with E-state index < -0.39 is 5.60 Å². The highest BCUT2D eigenvalue weighted by Gasteiger charge is 2.35. The molecule has 0 aliphatic carbocycles. The molecule has 3 nitrogen and oxygen atoms in total. The zero-order chi connectivity index (χ0) is 12.8. The first-order chi connectivity index (χ1) is 7.34. The molecule has 2 atom stereocenters. The van der Waals surface area contributed by atoms with Crippen molar-refractivity contribution < 1.29 is 14.3 Å². The minimum atomic E-state index is -0.494. The zero-order valence-corrected chi connectivity index (χ0v) is 11.1. The van der Waals surface area contributed by atoms with Gasteiger partial charge < -0.3 is 9.47 Å². The van der Waals surface area contributed by atoms with Crippen molar-refractivity contribution in [2.75, 3.05) is 7.11 Å². The molecule has 0 aromatic heterocycles. The Balaban J connectivity index is 4.70. The molecule has 0 bridgehead atoms. The molecular weight excluding hydrogens is 204 g/mol. The molecule has 0 fully saturated rings. The Morgan fingerprint density at radius 1 is 1.25 bits per heavy atom. The third-order valence-corrected chi connectivity index (χ3v) is 3.25. The maximum absolute atomic E-state index is 11.3. The van der Waals surface area contributed by atoms with Gasteiger partial charge in [-0.15, -0.1) is 0 Å². The van der Waals surface area contributed by atoms with Crippen LogP contribution in [0.25, 0.3) is 0 Å². The Morgan fingerprint density at radius 2 is 1.75 bits per heavy atom. The highest BCUT2D eigenvalue weighted by molar-refractivity contribution is 5.81. The van der Waals surface area contributed by atoms with Crippen LogP contribution < -0.4 is 0 Å². The minimum absolute atomic E-state index is 0.258. The molecule has 0 aromatic carbocycles. The van der Waals surface area contributed by atoms with Gasteiger partial charge in [-0.05, 0) is 26.7 Å². The molecule has 0 saturated heterocycles. The Labute approximate surface area is 98.8 Å². The number of carbonyl (C=O) groups excluding carboxylic acids is 1. The molecule has 94 valence electrons. The second-order valence-electron chi connectivity index (χ2n) is 4.61. The summed E-state index contributed by atoms with van der Waals surface area (Å²) in [5.74, 6) is -0.376. The number of carbonyl (C=O) groups is 1. The third-order valence-electron chi connectivity index (χ3n) is 3.25. The van der Waals surface area contributed by atoms with E-state index in [9.17, 15) is 4.79 Å². The quantitative estimate of drug-likeness (QED) is 0.496. The van der Waals surface area contributed by atoms with Crippen LogP contribution in [0.1, 0.15) is 47.0 Å². The van der Waals surface area contributed by atoms with Crippen molar-refractivity contribution in [3.63, 3.8) is 0 Å². The second-order valence-corrected chi connectivity index (χ2v) is 4.61. The fraction of sp³-hybridized carbons (Fsp3) is 0.769. The monoisotopic (exact) mass is 228 g/mol. The highest BCUT2D eigenvalue weighted by atomic mass is 16.6. The topological polar surface area (TPSA) is 35.5 Å². The van der Waals surface area contributed by atoms with Crippen LogP contribution in [-0.4, -0.2) is 24.3 Å².